The predicted molar refractivity (Wildman–Crippen MR) is 143 cm³/mol. The van der Waals surface area contributed by atoms with E-state index in [9.17, 15) is 24.5 Å². The van der Waals surface area contributed by atoms with Crippen LogP contribution in [0.15, 0.2) is 77.1 Å². The van der Waals surface area contributed by atoms with Gasteiger partial charge in [-0.25, -0.2) is 9.59 Å². The third-order valence-electron chi connectivity index (χ3n) is 5.96. The molecule has 1 aliphatic heterocycles. The van der Waals surface area contributed by atoms with Crippen LogP contribution in [0.4, 0.5) is 5.69 Å². The van der Waals surface area contributed by atoms with Crippen molar-refractivity contribution in [2.24, 2.45) is 0 Å². The highest BCUT2D eigenvalue weighted by molar-refractivity contribution is 7.99. The molecule has 1 heterocycles. The lowest BCUT2D eigenvalue weighted by atomic mass is 9.80. The molecular formula is C27H29N3O7S. The first-order valence-electron chi connectivity index (χ1n) is 11.8. The minimum atomic E-state index is -0.948. The van der Waals surface area contributed by atoms with E-state index >= 15 is 0 Å². The predicted octanol–water partition coefficient (Wildman–Crippen LogP) is 3.77. The van der Waals surface area contributed by atoms with Crippen LogP contribution in [0.25, 0.3) is 0 Å². The van der Waals surface area contributed by atoms with Crippen LogP contribution in [0.1, 0.15) is 36.9 Å². The molecule has 0 bridgehead atoms. The maximum atomic E-state index is 13.3. The lowest BCUT2D eigenvalue weighted by Crippen LogP contribution is -2.34. The molecule has 0 spiro atoms. The standard InChI is InChI=1S/C27H29N3O7S/c1-4-37-27(33)25-22(15-38-14-21(28-16-31)18-9-6-5-7-10-18)29-17(2)23(26(32)36-3)24(25)19-11-8-12-20(13-19)30(34)35/h5-13,16,21,24,29H,4,14-15H2,1-3H3,(H,28,31). The van der Waals surface area contributed by atoms with E-state index in [1.165, 1.54) is 37.1 Å². The van der Waals surface area contributed by atoms with Crippen molar-refractivity contribution >= 4 is 35.8 Å². The van der Waals surface area contributed by atoms with Gasteiger partial charge in [0.15, 0.2) is 0 Å². The van der Waals surface area contributed by atoms with Crippen molar-refractivity contribution in [3.63, 3.8) is 0 Å². The summed E-state index contributed by atoms with van der Waals surface area (Å²) in [5.74, 6) is -1.45. The van der Waals surface area contributed by atoms with E-state index in [1.807, 2.05) is 30.3 Å². The smallest absolute Gasteiger partial charge is 0.336 e. The van der Waals surface area contributed by atoms with Crippen LogP contribution in [-0.2, 0) is 23.9 Å². The second kappa shape index (κ2) is 13.4. The molecule has 0 saturated heterocycles. The van der Waals surface area contributed by atoms with Crippen LogP contribution < -0.4 is 10.6 Å². The number of methoxy groups -OCH3 is 1. The Hall–Kier alpha value is -4.12. The Morgan fingerprint density at radius 3 is 2.53 bits per heavy atom. The van der Waals surface area contributed by atoms with Gasteiger partial charge in [0.25, 0.3) is 5.69 Å². The number of nitrogens with zero attached hydrogens (tertiary/aromatic N) is 1. The van der Waals surface area contributed by atoms with Gasteiger partial charge in [-0.1, -0.05) is 42.5 Å². The number of ether oxygens (including phenoxy) is 2. The first-order chi connectivity index (χ1) is 18.3. The molecule has 0 fully saturated rings. The average Bonchev–Trinajstić information content (AvgIpc) is 2.92. The van der Waals surface area contributed by atoms with Gasteiger partial charge in [0.1, 0.15) is 0 Å². The number of hydrogen-bond acceptors (Lipinski definition) is 9. The number of carbonyl (C=O) groups excluding carboxylic acids is 3. The first-order valence-corrected chi connectivity index (χ1v) is 13.0. The molecule has 200 valence electrons. The molecule has 2 unspecified atom stereocenters. The van der Waals surface area contributed by atoms with Gasteiger partial charge in [0.05, 0.1) is 41.7 Å². The third-order valence-corrected chi connectivity index (χ3v) is 7.02. The van der Waals surface area contributed by atoms with Crippen molar-refractivity contribution in [1.29, 1.82) is 0 Å². The minimum Gasteiger partial charge on any atom is -0.466 e. The Labute approximate surface area is 224 Å². The summed E-state index contributed by atoms with van der Waals surface area (Å²) in [5.41, 5.74) is 2.45. The monoisotopic (exact) mass is 539 g/mol. The van der Waals surface area contributed by atoms with Crippen LogP contribution >= 0.6 is 11.8 Å². The van der Waals surface area contributed by atoms with Crippen molar-refractivity contribution in [2.75, 3.05) is 25.2 Å². The maximum Gasteiger partial charge on any atom is 0.336 e. The van der Waals surface area contributed by atoms with Crippen molar-refractivity contribution in [3.8, 4) is 0 Å². The van der Waals surface area contributed by atoms with E-state index in [0.29, 0.717) is 34.9 Å². The van der Waals surface area contributed by atoms with Crippen LogP contribution in [0, 0.1) is 10.1 Å². The number of non-ortho nitro benzene ring substituents is 1. The van der Waals surface area contributed by atoms with Crippen molar-refractivity contribution in [2.45, 2.75) is 25.8 Å². The fourth-order valence-electron chi connectivity index (χ4n) is 4.28. The molecule has 1 aliphatic rings. The fraction of sp³-hybridized carbons (Fsp3) is 0.296. The number of hydrogen-bond donors (Lipinski definition) is 2. The molecule has 2 atom stereocenters. The Kier molecular flexibility index (Phi) is 10.1. The van der Waals surface area contributed by atoms with Gasteiger partial charge < -0.3 is 20.1 Å². The quantitative estimate of drug-likeness (QED) is 0.179. The van der Waals surface area contributed by atoms with Crippen molar-refractivity contribution in [3.05, 3.63) is 98.4 Å². The summed E-state index contributed by atoms with van der Waals surface area (Å²) >= 11 is 1.47. The molecule has 0 aromatic heterocycles. The van der Waals surface area contributed by atoms with Crippen LogP contribution in [0.5, 0.6) is 0 Å². The van der Waals surface area contributed by atoms with E-state index in [-0.39, 0.29) is 29.5 Å². The molecule has 0 radical (unpaired) electrons. The highest BCUT2D eigenvalue weighted by atomic mass is 32.2. The lowest BCUT2D eigenvalue weighted by Gasteiger charge is -2.31. The second-order valence-corrected chi connectivity index (χ2v) is 9.35. The topological polar surface area (TPSA) is 137 Å². The SMILES string of the molecule is CCOC(=O)C1=C(CSCC(NC=O)c2ccccc2)NC(C)=C(C(=O)OC)C1c1cccc([N+](=O)[O-])c1. The number of nitro groups is 1. The normalized spacial score (nSPS) is 15.8. The van der Waals surface area contributed by atoms with E-state index in [1.54, 1.807) is 19.9 Å². The molecule has 0 saturated carbocycles. The van der Waals surface area contributed by atoms with E-state index in [4.69, 9.17) is 9.47 Å². The van der Waals surface area contributed by atoms with Gasteiger partial charge >= 0.3 is 11.9 Å². The Balaban J connectivity index is 2.04. The van der Waals surface area contributed by atoms with Crippen LogP contribution in [0.2, 0.25) is 0 Å². The summed E-state index contributed by atoms with van der Waals surface area (Å²) < 4.78 is 10.4. The molecule has 1 amide bonds. The summed E-state index contributed by atoms with van der Waals surface area (Å²) in [6, 6.07) is 15.0. The molecule has 2 N–H and O–H groups in total. The van der Waals surface area contributed by atoms with Crippen LogP contribution in [-0.4, -0.2) is 48.5 Å². The molecule has 11 heteroatoms. The lowest BCUT2D eigenvalue weighted by molar-refractivity contribution is -0.384. The summed E-state index contributed by atoms with van der Waals surface area (Å²) in [6.45, 7) is 3.45. The fourth-order valence-corrected chi connectivity index (χ4v) is 5.35. The molecule has 3 rings (SSSR count). The Bertz CT molecular complexity index is 1260. The number of nitro benzene ring substituents is 1. The Morgan fingerprint density at radius 2 is 1.89 bits per heavy atom. The first kappa shape index (κ1) is 28.5. The Morgan fingerprint density at radius 1 is 1.16 bits per heavy atom. The number of amides is 1. The minimum absolute atomic E-state index is 0.0972. The number of esters is 2. The number of allylic oxidation sites excluding steroid dienone is 1. The summed E-state index contributed by atoms with van der Waals surface area (Å²) in [7, 11) is 1.23. The zero-order chi connectivity index (χ0) is 27.7. The van der Waals surface area contributed by atoms with Gasteiger partial charge in [0.2, 0.25) is 6.41 Å². The summed E-state index contributed by atoms with van der Waals surface area (Å²) in [5, 5.41) is 17.5. The second-order valence-electron chi connectivity index (χ2n) is 8.32. The van der Waals surface area contributed by atoms with Gasteiger partial charge in [-0.2, -0.15) is 11.8 Å². The molecule has 0 aliphatic carbocycles. The number of benzene rings is 2. The summed E-state index contributed by atoms with van der Waals surface area (Å²) in [6.07, 6.45) is 0.647. The van der Waals surface area contributed by atoms with E-state index in [2.05, 4.69) is 10.6 Å². The number of nitrogens with one attached hydrogen (secondary N) is 2. The summed E-state index contributed by atoms with van der Waals surface area (Å²) in [4.78, 5) is 48.3. The molecule has 2 aromatic rings. The van der Waals surface area contributed by atoms with Gasteiger partial charge in [-0.05, 0) is 25.0 Å². The van der Waals surface area contributed by atoms with Crippen molar-refractivity contribution < 1.29 is 28.8 Å². The van der Waals surface area contributed by atoms with Crippen LogP contribution in [0.3, 0.4) is 0 Å². The number of dihydropyridines is 1. The van der Waals surface area contributed by atoms with E-state index < -0.39 is 22.8 Å². The van der Waals surface area contributed by atoms with Gasteiger partial charge in [-0.3, -0.25) is 14.9 Å². The maximum absolute atomic E-state index is 13.3. The molecular weight excluding hydrogens is 510 g/mol. The highest BCUT2D eigenvalue weighted by Crippen LogP contribution is 2.41. The average molecular weight is 540 g/mol. The van der Waals surface area contributed by atoms with Crippen molar-refractivity contribution in [1.82, 2.24) is 10.6 Å². The van der Waals surface area contributed by atoms with Gasteiger partial charge in [0, 0.05) is 35.0 Å². The molecule has 10 nitrogen and oxygen atoms in total. The number of rotatable bonds is 12. The number of thioether (sulfide) groups is 1. The largest absolute Gasteiger partial charge is 0.466 e. The third kappa shape index (κ3) is 6.60. The molecule has 38 heavy (non-hydrogen) atoms. The highest BCUT2D eigenvalue weighted by Gasteiger charge is 2.39. The number of carbonyl (C=O) groups is 3. The van der Waals surface area contributed by atoms with E-state index in [0.717, 1.165) is 5.56 Å². The van der Waals surface area contributed by atoms with Gasteiger partial charge in [-0.15, -0.1) is 0 Å². The zero-order valence-electron chi connectivity index (χ0n) is 21.3. The zero-order valence-corrected chi connectivity index (χ0v) is 22.1. The molecule has 2 aromatic carbocycles.